The fourth-order valence-corrected chi connectivity index (χ4v) is 3.89. The van der Waals surface area contributed by atoms with Crippen molar-refractivity contribution in [3.63, 3.8) is 0 Å². The second kappa shape index (κ2) is 9.92. The molecule has 0 saturated carbocycles. The van der Waals surface area contributed by atoms with Crippen LogP contribution in [0.4, 0.5) is 0 Å². The van der Waals surface area contributed by atoms with Gasteiger partial charge in [-0.1, -0.05) is 60.1 Å². The lowest BCUT2D eigenvalue weighted by Crippen LogP contribution is -2.33. The number of benzene rings is 3. The molecule has 0 radical (unpaired) electrons. The third-order valence-corrected chi connectivity index (χ3v) is 6.08. The first-order valence-corrected chi connectivity index (χ1v) is 11.2. The number of hydrogen-bond donors (Lipinski definition) is 1. The molecule has 3 aromatic carbocycles. The van der Waals surface area contributed by atoms with Crippen molar-refractivity contribution >= 4 is 34.6 Å². The van der Waals surface area contributed by atoms with Gasteiger partial charge in [0.1, 0.15) is 5.75 Å². The van der Waals surface area contributed by atoms with Crippen molar-refractivity contribution in [2.24, 2.45) is 5.10 Å². The highest BCUT2D eigenvalue weighted by molar-refractivity contribution is 6.32. The molecule has 4 aromatic rings. The number of nitrogens with zero attached hydrogens (tertiary/aromatic N) is 2. The summed E-state index contributed by atoms with van der Waals surface area (Å²) < 4.78 is 7.97. The number of aromatic nitrogens is 1. The van der Waals surface area contributed by atoms with Crippen LogP contribution in [-0.2, 0) is 11.3 Å². The Balaban J connectivity index is 1.45. The Labute approximate surface area is 198 Å². The van der Waals surface area contributed by atoms with Gasteiger partial charge in [-0.05, 0) is 55.7 Å². The topological polar surface area (TPSA) is 55.6 Å². The van der Waals surface area contributed by atoms with Crippen LogP contribution in [0.2, 0.25) is 5.02 Å². The zero-order chi connectivity index (χ0) is 23.4. The number of hydrazone groups is 1. The Kier molecular flexibility index (Phi) is 6.80. The molecule has 1 heterocycles. The van der Waals surface area contributed by atoms with Crippen molar-refractivity contribution in [2.45, 2.75) is 33.4 Å². The van der Waals surface area contributed by atoms with Gasteiger partial charge in [-0.2, -0.15) is 5.10 Å². The van der Waals surface area contributed by atoms with E-state index in [4.69, 9.17) is 16.3 Å². The highest BCUT2D eigenvalue weighted by atomic mass is 35.5. The summed E-state index contributed by atoms with van der Waals surface area (Å²) in [5.41, 5.74) is 7.66. The molecule has 0 aliphatic heterocycles. The van der Waals surface area contributed by atoms with E-state index in [1.165, 1.54) is 5.56 Å². The Morgan fingerprint density at radius 1 is 1.09 bits per heavy atom. The third kappa shape index (κ3) is 5.26. The molecule has 0 saturated heterocycles. The molecule has 1 N–H and O–H groups in total. The van der Waals surface area contributed by atoms with E-state index in [1.54, 1.807) is 13.1 Å². The molecule has 0 spiro atoms. The lowest BCUT2D eigenvalue weighted by Gasteiger charge is -2.14. The number of rotatable bonds is 7. The van der Waals surface area contributed by atoms with Crippen LogP contribution in [0.25, 0.3) is 10.9 Å². The van der Waals surface area contributed by atoms with Gasteiger partial charge < -0.3 is 9.30 Å². The Morgan fingerprint density at radius 2 is 1.76 bits per heavy atom. The summed E-state index contributed by atoms with van der Waals surface area (Å²) in [6.07, 6.45) is 3.01. The number of fused-ring (bicyclic) bond motifs is 1. The van der Waals surface area contributed by atoms with Gasteiger partial charge in [0.05, 0.1) is 6.21 Å². The van der Waals surface area contributed by atoms with Gasteiger partial charge in [0.2, 0.25) is 0 Å². The van der Waals surface area contributed by atoms with E-state index in [0.29, 0.717) is 10.8 Å². The van der Waals surface area contributed by atoms with Crippen LogP contribution in [0.3, 0.4) is 0 Å². The van der Waals surface area contributed by atoms with Gasteiger partial charge in [-0.25, -0.2) is 5.43 Å². The Hall–Kier alpha value is -3.57. The number of carbonyl (C=O) groups is 1. The van der Waals surface area contributed by atoms with E-state index in [9.17, 15) is 4.79 Å². The summed E-state index contributed by atoms with van der Waals surface area (Å²) in [5.74, 6) is 0.273. The van der Waals surface area contributed by atoms with Crippen LogP contribution < -0.4 is 10.2 Å². The van der Waals surface area contributed by atoms with Gasteiger partial charge in [-0.15, -0.1) is 0 Å². The summed E-state index contributed by atoms with van der Waals surface area (Å²) >= 11 is 6.21. The molecule has 1 amide bonds. The SMILES string of the molecule is Cc1cc(OC(C)C(=O)N/N=C/c2cn(Cc3ccccc3)c3ccccc23)cc(C)c1Cl. The highest BCUT2D eigenvalue weighted by Crippen LogP contribution is 2.26. The Morgan fingerprint density at radius 3 is 2.48 bits per heavy atom. The quantitative estimate of drug-likeness (QED) is 0.277. The molecule has 5 nitrogen and oxygen atoms in total. The van der Waals surface area contributed by atoms with Gasteiger partial charge >= 0.3 is 0 Å². The zero-order valence-corrected chi connectivity index (χ0v) is 19.6. The maximum absolute atomic E-state index is 12.5. The second-order valence-corrected chi connectivity index (χ2v) is 8.46. The van der Waals surface area contributed by atoms with E-state index in [2.05, 4.69) is 39.4 Å². The van der Waals surface area contributed by atoms with E-state index < -0.39 is 6.10 Å². The third-order valence-electron chi connectivity index (χ3n) is 5.49. The van der Waals surface area contributed by atoms with Crippen molar-refractivity contribution in [2.75, 3.05) is 0 Å². The molecule has 168 valence electrons. The number of nitrogens with one attached hydrogen (secondary N) is 1. The molecule has 6 heteroatoms. The molecule has 0 aliphatic carbocycles. The predicted molar refractivity (Wildman–Crippen MR) is 134 cm³/mol. The summed E-state index contributed by atoms with van der Waals surface area (Å²) in [6.45, 7) is 6.26. The number of para-hydroxylation sites is 1. The summed E-state index contributed by atoms with van der Waals surface area (Å²) in [7, 11) is 0. The highest BCUT2D eigenvalue weighted by Gasteiger charge is 2.15. The first-order valence-electron chi connectivity index (χ1n) is 10.8. The van der Waals surface area contributed by atoms with Crippen molar-refractivity contribution in [1.82, 2.24) is 9.99 Å². The summed E-state index contributed by atoms with van der Waals surface area (Å²) in [5, 5.41) is 5.96. The molecular weight excluding hydrogens is 434 g/mol. The minimum Gasteiger partial charge on any atom is -0.481 e. The zero-order valence-electron chi connectivity index (χ0n) is 18.9. The van der Waals surface area contributed by atoms with Crippen molar-refractivity contribution < 1.29 is 9.53 Å². The second-order valence-electron chi connectivity index (χ2n) is 8.08. The molecule has 1 unspecified atom stereocenters. The molecule has 33 heavy (non-hydrogen) atoms. The molecule has 1 aromatic heterocycles. The van der Waals surface area contributed by atoms with Gasteiger partial charge in [-0.3, -0.25) is 4.79 Å². The van der Waals surface area contributed by atoms with E-state index >= 15 is 0 Å². The number of aryl methyl sites for hydroxylation is 2. The lowest BCUT2D eigenvalue weighted by atomic mass is 10.1. The number of amides is 1. The molecule has 0 aliphatic rings. The van der Waals surface area contributed by atoms with Crippen LogP contribution in [0.1, 0.15) is 29.2 Å². The number of hydrogen-bond acceptors (Lipinski definition) is 3. The Bertz CT molecular complexity index is 1290. The number of ether oxygens (including phenoxy) is 1. The maximum Gasteiger partial charge on any atom is 0.280 e. The molecule has 0 fully saturated rings. The monoisotopic (exact) mass is 459 g/mol. The smallest absolute Gasteiger partial charge is 0.280 e. The molecular formula is C27H26ClN3O2. The van der Waals surface area contributed by atoms with Crippen molar-refractivity contribution in [3.05, 3.63) is 100 Å². The van der Waals surface area contributed by atoms with Gasteiger partial charge in [0, 0.05) is 34.2 Å². The van der Waals surface area contributed by atoms with Crippen molar-refractivity contribution in [3.8, 4) is 5.75 Å². The van der Waals surface area contributed by atoms with Crippen LogP contribution in [-0.4, -0.2) is 22.8 Å². The van der Waals surface area contributed by atoms with Crippen LogP contribution >= 0.6 is 11.6 Å². The average Bonchev–Trinajstić information content (AvgIpc) is 3.15. The average molecular weight is 460 g/mol. The first-order chi connectivity index (χ1) is 15.9. The maximum atomic E-state index is 12.5. The summed E-state index contributed by atoms with van der Waals surface area (Å²) in [4.78, 5) is 12.5. The lowest BCUT2D eigenvalue weighted by molar-refractivity contribution is -0.127. The largest absolute Gasteiger partial charge is 0.481 e. The fourth-order valence-electron chi connectivity index (χ4n) is 3.78. The van der Waals surface area contributed by atoms with Crippen LogP contribution in [0.15, 0.2) is 78.0 Å². The van der Waals surface area contributed by atoms with Crippen molar-refractivity contribution in [1.29, 1.82) is 0 Å². The standard InChI is InChI=1S/C27H26ClN3O2/c1-18-13-23(14-19(2)26(18)28)33-20(3)27(32)30-29-15-22-17-31(16-21-9-5-4-6-10-21)25-12-8-7-11-24(22)25/h4-15,17,20H,16H2,1-3H3,(H,30,32)/b29-15+. The van der Waals surface area contributed by atoms with E-state index in [-0.39, 0.29) is 5.91 Å². The predicted octanol–water partition coefficient (Wildman–Crippen LogP) is 5.88. The molecule has 0 bridgehead atoms. The fraction of sp³-hybridized carbons (Fsp3) is 0.185. The normalized spacial score (nSPS) is 12.2. The molecule has 4 rings (SSSR count). The minimum absolute atomic E-state index is 0.329. The van der Waals surface area contributed by atoms with E-state index in [0.717, 1.165) is 34.1 Å². The van der Waals surface area contributed by atoms with E-state index in [1.807, 2.05) is 62.5 Å². The number of carbonyl (C=O) groups excluding carboxylic acids is 1. The van der Waals surface area contributed by atoms with Gasteiger partial charge in [0.15, 0.2) is 6.10 Å². The van der Waals surface area contributed by atoms with Crippen LogP contribution in [0.5, 0.6) is 5.75 Å². The molecule has 1 atom stereocenters. The first kappa shape index (κ1) is 22.6. The minimum atomic E-state index is -0.707. The van der Waals surface area contributed by atoms with Crippen LogP contribution in [0, 0.1) is 13.8 Å². The number of halogens is 1. The van der Waals surface area contributed by atoms with Gasteiger partial charge in [0.25, 0.3) is 5.91 Å². The summed E-state index contributed by atoms with van der Waals surface area (Å²) in [6, 6.07) is 22.1.